The highest BCUT2D eigenvalue weighted by Gasteiger charge is 2.48. The van der Waals surface area contributed by atoms with Crippen LogP contribution in [0.2, 0.25) is 0 Å². The molecule has 132 valence electrons. The summed E-state index contributed by atoms with van der Waals surface area (Å²) in [6, 6.07) is 0. The Morgan fingerprint density at radius 1 is 1.33 bits per heavy atom. The second kappa shape index (κ2) is 6.47. The highest BCUT2D eigenvalue weighted by Crippen LogP contribution is 2.48. The van der Waals surface area contributed by atoms with Crippen LogP contribution >= 0.6 is 11.3 Å². The number of amides is 1. The SMILES string of the molecule is CC(C)(C)Cc1ncc(C(=O)N2CCC([C@@H]3C[C@H]3C(=O)O)CC2)s1. The van der Waals surface area contributed by atoms with Crippen LogP contribution in [0.1, 0.15) is 54.7 Å². The van der Waals surface area contributed by atoms with Crippen molar-refractivity contribution in [1.29, 1.82) is 0 Å². The number of thiazole rings is 1. The summed E-state index contributed by atoms with van der Waals surface area (Å²) in [5.74, 6) is 0.0829. The number of carbonyl (C=O) groups excluding carboxylic acids is 1. The molecule has 1 N–H and O–H groups in total. The zero-order valence-electron chi connectivity index (χ0n) is 14.6. The number of aliphatic carboxylic acids is 1. The molecule has 0 unspecified atom stereocenters. The largest absolute Gasteiger partial charge is 0.481 e. The number of hydrogen-bond acceptors (Lipinski definition) is 4. The molecule has 2 fully saturated rings. The molecule has 1 aliphatic heterocycles. The van der Waals surface area contributed by atoms with Gasteiger partial charge in [0.15, 0.2) is 0 Å². The Labute approximate surface area is 147 Å². The lowest BCUT2D eigenvalue weighted by atomic mass is 9.91. The summed E-state index contributed by atoms with van der Waals surface area (Å²) in [7, 11) is 0. The number of carbonyl (C=O) groups is 2. The average Bonchev–Trinajstić information content (AvgIpc) is 3.19. The van der Waals surface area contributed by atoms with Gasteiger partial charge in [-0.25, -0.2) is 4.98 Å². The number of carboxylic acid groups (broad SMARTS) is 1. The quantitative estimate of drug-likeness (QED) is 0.904. The van der Waals surface area contributed by atoms with Crippen molar-refractivity contribution >= 4 is 23.2 Å². The molecule has 2 heterocycles. The van der Waals surface area contributed by atoms with Gasteiger partial charge in [0, 0.05) is 19.5 Å². The molecule has 24 heavy (non-hydrogen) atoms. The molecule has 5 nitrogen and oxygen atoms in total. The summed E-state index contributed by atoms with van der Waals surface area (Å²) in [5.41, 5.74) is 0.168. The smallest absolute Gasteiger partial charge is 0.306 e. The van der Waals surface area contributed by atoms with Gasteiger partial charge in [-0.05, 0) is 36.5 Å². The minimum absolute atomic E-state index is 0.0803. The molecule has 3 rings (SSSR count). The van der Waals surface area contributed by atoms with Gasteiger partial charge in [-0.3, -0.25) is 9.59 Å². The van der Waals surface area contributed by atoms with Crippen LogP contribution < -0.4 is 0 Å². The first-order valence-corrected chi connectivity index (χ1v) is 9.53. The molecule has 0 aromatic carbocycles. The summed E-state index contributed by atoms with van der Waals surface area (Å²) in [5, 5.41) is 10.1. The molecular weight excluding hydrogens is 324 g/mol. The summed E-state index contributed by atoms with van der Waals surface area (Å²) >= 11 is 1.51. The van der Waals surface area contributed by atoms with Crippen molar-refractivity contribution < 1.29 is 14.7 Å². The lowest BCUT2D eigenvalue weighted by Gasteiger charge is -2.31. The fraction of sp³-hybridized carbons (Fsp3) is 0.722. The van der Waals surface area contributed by atoms with Crippen molar-refractivity contribution in [3.63, 3.8) is 0 Å². The van der Waals surface area contributed by atoms with Crippen LogP contribution in [0.15, 0.2) is 6.20 Å². The molecular formula is C18H26N2O3S. The second-order valence-corrected chi connectivity index (χ2v) is 9.44. The van der Waals surface area contributed by atoms with E-state index in [4.69, 9.17) is 5.11 Å². The summed E-state index contributed by atoms with van der Waals surface area (Å²) in [6.07, 6.45) is 5.26. The van der Waals surface area contributed by atoms with E-state index in [0.29, 0.717) is 11.8 Å². The van der Waals surface area contributed by atoms with E-state index in [-0.39, 0.29) is 17.2 Å². The minimum atomic E-state index is -0.658. The van der Waals surface area contributed by atoms with Crippen molar-refractivity contribution in [2.45, 2.75) is 46.5 Å². The van der Waals surface area contributed by atoms with Crippen molar-refractivity contribution in [3.8, 4) is 0 Å². The maximum absolute atomic E-state index is 12.6. The van der Waals surface area contributed by atoms with Crippen molar-refractivity contribution in [3.05, 3.63) is 16.1 Å². The fourth-order valence-corrected chi connectivity index (χ4v) is 4.84. The first-order chi connectivity index (χ1) is 11.2. The van der Waals surface area contributed by atoms with Gasteiger partial charge in [0.25, 0.3) is 5.91 Å². The Morgan fingerprint density at radius 2 is 2.00 bits per heavy atom. The standard InChI is InChI=1S/C18H26N2O3S/c1-18(2,3)9-15-19-10-14(24-15)16(21)20-6-4-11(5-7-20)12-8-13(12)17(22)23/h10-13H,4-9H2,1-3H3,(H,22,23)/t12-,13+/m0/s1. The minimum Gasteiger partial charge on any atom is -0.481 e. The third kappa shape index (κ3) is 3.97. The van der Waals surface area contributed by atoms with E-state index in [9.17, 15) is 9.59 Å². The van der Waals surface area contributed by atoms with E-state index in [1.54, 1.807) is 6.20 Å². The molecule has 2 aliphatic rings. The molecule has 0 radical (unpaired) electrons. The zero-order chi connectivity index (χ0) is 17.5. The number of nitrogens with zero attached hydrogens (tertiary/aromatic N) is 2. The zero-order valence-corrected chi connectivity index (χ0v) is 15.4. The van der Waals surface area contributed by atoms with Gasteiger partial charge in [0.1, 0.15) is 4.88 Å². The average molecular weight is 350 g/mol. The topological polar surface area (TPSA) is 70.5 Å². The number of piperidine rings is 1. The van der Waals surface area contributed by atoms with E-state index < -0.39 is 5.97 Å². The van der Waals surface area contributed by atoms with Crippen LogP contribution in [0.4, 0.5) is 0 Å². The van der Waals surface area contributed by atoms with Crippen molar-refractivity contribution in [2.24, 2.45) is 23.2 Å². The monoisotopic (exact) mass is 350 g/mol. The maximum atomic E-state index is 12.6. The van der Waals surface area contributed by atoms with Crippen LogP contribution in [-0.4, -0.2) is 40.0 Å². The molecule has 1 saturated heterocycles. The van der Waals surface area contributed by atoms with E-state index in [1.165, 1.54) is 11.3 Å². The molecule has 1 saturated carbocycles. The number of hydrogen-bond donors (Lipinski definition) is 1. The van der Waals surface area contributed by atoms with E-state index in [1.807, 2.05) is 4.90 Å². The Morgan fingerprint density at radius 3 is 2.54 bits per heavy atom. The van der Waals surface area contributed by atoms with Gasteiger partial charge in [0.2, 0.25) is 0 Å². The van der Waals surface area contributed by atoms with Crippen LogP contribution in [-0.2, 0) is 11.2 Å². The van der Waals surface area contributed by atoms with Crippen molar-refractivity contribution in [1.82, 2.24) is 9.88 Å². The highest BCUT2D eigenvalue weighted by molar-refractivity contribution is 7.13. The molecule has 0 spiro atoms. The van der Waals surface area contributed by atoms with Gasteiger partial charge >= 0.3 is 5.97 Å². The fourth-order valence-electron chi connectivity index (χ4n) is 3.65. The van der Waals surface area contributed by atoms with Gasteiger partial charge in [-0.1, -0.05) is 20.8 Å². The first-order valence-electron chi connectivity index (χ1n) is 8.71. The predicted octanol–water partition coefficient (Wildman–Crippen LogP) is 3.30. The van der Waals surface area contributed by atoms with E-state index in [2.05, 4.69) is 25.8 Å². The number of likely N-dealkylation sites (tertiary alicyclic amines) is 1. The van der Waals surface area contributed by atoms with Crippen LogP contribution in [0.5, 0.6) is 0 Å². The molecule has 0 bridgehead atoms. The highest BCUT2D eigenvalue weighted by atomic mass is 32.1. The van der Waals surface area contributed by atoms with Crippen LogP contribution in [0, 0.1) is 23.2 Å². The molecule has 1 amide bonds. The molecule has 6 heteroatoms. The maximum Gasteiger partial charge on any atom is 0.306 e. The number of rotatable bonds is 4. The van der Waals surface area contributed by atoms with E-state index in [0.717, 1.165) is 48.7 Å². The Balaban J connectivity index is 1.53. The first kappa shape index (κ1) is 17.4. The molecule has 1 aromatic rings. The third-order valence-corrected chi connectivity index (χ3v) is 6.02. The summed E-state index contributed by atoms with van der Waals surface area (Å²) in [6.45, 7) is 7.98. The summed E-state index contributed by atoms with van der Waals surface area (Å²) < 4.78 is 0. The molecule has 2 atom stereocenters. The van der Waals surface area contributed by atoms with Gasteiger partial charge < -0.3 is 10.0 Å². The van der Waals surface area contributed by atoms with Gasteiger partial charge in [-0.15, -0.1) is 11.3 Å². The normalized spacial score (nSPS) is 24.9. The van der Waals surface area contributed by atoms with Gasteiger partial charge in [-0.2, -0.15) is 0 Å². The van der Waals surface area contributed by atoms with Crippen LogP contribution in [0.3, 0.4) is 0 Å². The van der Waals surface area contributed by atoms with E-state index >= 15 is 0 Å². The number of carboxylic acids is 1. The predicted molar refractivity (Wildman–Crippen MR) is 93.1 cm³/mol. The third-order valence-electron chi connectivity index (χ3n) is 5.04. The van der Waals surface area contributed by atoms with Crippen LogP contribution in [0.25, 0.3) is 0 Å². The Kier molecular flexibility index (Phi) is 4.69. The summed E-state index contributed by atoms with van der Waals surface area (Å²) in [4.78, 5) is 30.7. The Bertz CT molecular complexity index is 626. The molecule has 1 aromatic heterocycles. The second-order valence-electron chi connectivity index (χ2n) is 8.33. The lowest BCUT2D eigenvalue weighted by molar-refractivity contribution is -0.139. The van der Waals surface area contributed by atoms with Crippen molar-refractivity contribution in [2.75, 3.05) is 13.1 Å². The molecule has 1 aliphatic carbocycles. The lowest BCUT2D eigenvalue weighted by Crippen LogP contribution is -2.38. The van der Waals surface area contributed by atoms with Gasteiger partial charge in [0.05, 0.1) is 17.1 Å². The Hall–Kier alpha value is -1.43. The number of aromatic nitrogens is 1.